The van der Waals surface area contributed by atoms with Gasteiger partial charge in [0.15, 0.2) is 0 Å². The average Bonchev–Trinajstić information content (AvgIpc) is 2.28. The van der Waals surface area contributed by atoms with Gasteiger partial charge in [-0.05, 0) is 0 Å². The van der Waals surface area contributed by atoms with E-state index in [2.05, 4.69) is 4.33 Å². The Balaban J connectivity index is 4.03. The van der Waals surface area contributed by atoms with Crippen molar-refractivity contribution in [3.05, 3.63) is 0 Å². The molecule has 0 radical (unpaired) electrons. The van der Waals surface area contributed by atoms with Crippen molar-refractivity contribution in [2.75, 3.05) is 12.0 Å². The molecule has 8 heteroatoms. The molecule has 0 fully saturated rings. The summed E-state index contributed by atoms with van der Waals surface area (Å²) in [5.41, 5.74) is 0. The zero-order chi connectivity index (χ0) is 13.3. The van der Waals surface area contributed by atoms with Gasteiger partial charge in [0.1, 0.15) is 0 Å². The maximum atomic E-state index is 11.5. The molecule has 0 spiro atoms. The second-order valence-electron chi connectivity index (χ2n) is 3.18. The van der Waals surface area contributed by atoms with Gasteiger partial charge in [0.25, 0.3) is 0 Å². The molecule has 17 heavy (non-hydrogen) atoms. The zero-order valence-electron chi connectivity index (χ0n) is 9.71. The van der Waals surface area contributed by atoms with Crippen LogP contribution in [0, 0.1) is 0 Å². The first-order chi connectivity index (χ1) is 8.02. The minimum atomic E-state index is -0.942. The molecular weight excluding hydrogens is 376 g/mol. The second kappa shape index (κ2) is 10.4. The quantitative estimate of drug-likeness (QED) is 0.433. The number of aliphatic carboxylic acids is 1. The van der Waals surface area contributed by atoms with Crippen LogP contribution in [0.1, 0.15) is 6.42 Å². The number of nitrogens with one attached hydrogen (secondary N) is 1. The number of carbonyl (C=O) groups is 2. The standard InChI is InChI=1S/C9H17NO4SSe2/c1-15-4-3-6(8(12)13)10-17-9(14)7(11)5-16-2/h6-7,10-11H,3-5H2,1-2H3,(H,12,13)/t6?,7-/m0/s1. The number of hydrogen-bond donors (Lipinski definition) is 3. The molecule has 0 saturated heterocycles. The number of rotatable bonds is 10. The number of carbonyl (C=O) groups excluding carboxylic acids is 1. The number of carboxylic acid groups (broad SMARTS) is 1. The van der Waals surface area contributed by atoms with Crippen LogP contribution in [0.5, 0.6) is 0 Å². The molecule has 0 heterocycles. The van der Waals surface area contributed by atoms with Crippen LogP contribution in [0.3, 0.4) is 0 Å². The fourth-order valence-electron chi connectivity index (χ4n) is 0.892. The first kappa shape index (κ1) is 17.4. The van der Waals surface area contributed by atoms with E-state index in [9.17, 15) is 14.7 Å². The molecule has 0 amide bonds. The first-order valence-corrected chi connectivity index (χ1v) is 10.9. The van der Waals surface area contributed by atoms with Crippen molar-refractivity contribution < 1.29 is 19.8 Å². The van der Waals surface area contributed by atoms with Crippen molar-refractivity contribution in [1.82, 2.24) is 4.33 Å². The number of aliphatic hydroxyl groups excluding tert-OH is 1. The van der Waals surface area contributed by atoms with Crippen molar-refractivity contribution in [3.8, 4) is 0 Å². The third-order valence-electron chi connectivity index (χ3n) is 1.81. The Hall–Kier alpha value is 0.449. The maximum absolute atomic E-state index is 11.5. The predicted molar refractivity (Wildman–Crippen MR) is 70.8 cm³/mol. The van der Waals surface area contributed by atoms with Gasteiger partial charge < -0.3 is 0 Å². The van der Waals surface area contributed by atoms with Crippen molar-refractivity contribution >= 4 is 52.5 Å². The Kier molecular flexibility index (Phi) is 10.7. The molecule has 3 N–H and O–H groups in total. The van der Waals surface area contributed by atoms with Crippen LogP contribution >= 0.6 is 11.8 Å². The van der Waals surface area contributed by atoms with Gasteiger partial charge in [-0.2, -0.15) is 0 Å². The molecule has 0 aliphatic rings. The van der Waals surface area contributed by atoms with Crippen LogP contribution in [-0.4, -0.2) is 75.2 Å². The van der Waals surface area contributed by atoms with Crippen molar-refractivity contribution in [2.45, 2.75) is 29.7 Å². The summed E-state index contributed by atoms with van der Waals surface area (Å²) in [6.07, 6.45) is 1.46. The summed E-state index contributed by atoms with van der Waals surface area (Å²) in [6, 6.07) is -0.689. The number of thioether (sulfide) groups is 1. The number of aliphatic hydroxyl groups is 1. The minimum absolute atomic E-state index is 0.246. The van der Waals surface area contributed by atoms with Crippen LogP contribution in [0.15, 0.2) is 0 Å². The molecule has 0 aliphatic heterocycles. The Bertz CT molecular complexity index is 255. The summed E-state index contributed by atoms with van der Waals surface area (Å²) < 4.78 is 2.47. The third kappa shape index (κ3) is 8.21. The molecule has 2 atom stereocenters. The van der Waals surface area contributed by atoms with Gasteiger partial charge in [-0.1, -0.05) is 0 Å². The summed E-state index contributed by atoms with van der Waals surface area (Å²) >= 11 is 1.15. The van der Waals surface area contributed by atoms with Gasteiger partial charge in [0.05, 0.1) is 0 Å². The van der Waals surface area contributed by atoms with Crippen LogP contribution in [0.2, 0.25) is 11.1 Å². The van der Waals surface area contributed by atoms with E-state index in [0.29, 0.717) is 11.7 Å². The fraction of sp³-hybridized carbons (Fsp3) is 0.778. The van der Waals surface area contributed by atoms with Crippen LogP contribution in [0.4, 0.5) is 0 Å². The van der Waals surface area contributed by atoms with Crippen LogP contribution in [-0.2, 0) is 9.59 Å². The second-order valence-corrected chi connectivity index (χ2v) is 7.85. The van der Waals surface area contributed by atoms with E-state index in [-0.39, 0.29) is 19.6 Å². The SMILES string of the molecule is CSCCC(N[Se]C(=O)[C@@H](O)C[Se]C)C(=O)O. The van der Waals surface area contributed by atoms with Gasteiger partial charge >= 0.3 is 118 Å². The summed E-state index contributed by atoms with van der Waals surface area (Å²) in [5.74, 6) is 1.74. The van der Waals surface area contributed by atoms with E-state index in [1.165, 1.54) is 0 Å². The van der Waals surface area contributed by atoms with E-state index in [1.807, 2.05) is 12.1 Å². The van der Waals surface area contributed by atoms with Crippen LogP contribution in [0.25, 0.3) is 0 Å². The number of carboxylic acids is 1. The molecule has 0 bridgehead atoms. The Morgan fingerprint density at radius 1 is 1.47 bits per heavy atom. The molecule has 1 unspecified atom stereocenters. The van der Waals surface area contributed by atoms with Crippen LogP contribution < -0.4 is 4.33 Å². The molecule has 100 valence electrons. The molecular formula is C9H17NO4SSe2. The average molecular weight is 393 g/mol. The topological polar surface area (TPSA) is 86.6 Å². The third-order valence-corrected chi connectivity index (χ3v) is 5.65. The molecule has 0 rings (SSSR count). The van der Waals surface area contributed by atoms with E-state index in [1.54, 1.807) is 11.8 Å². The first-order valence-electron chi connectivity index (χ1n) is 4.87. The molecule has 0 aliphatic carbocycles. The van der Waals surface area contributed by atoms with Crippen molar-refractivity contribution in [1.29, 1.82) is 0 Å². The molecule has 0 aromatic heterocycles. The van der Waals surface area contributed by atoms with E-state index < -0.39 is 33.3 Å². The van der Waals surface area contributed by atoms with Gasteiger partial charge in [-0.15, -0.1) is 0 Å². The van der Waals surface area contributed by atoms with Gasteiger partial charge in [0, 0.05) is 0 Å². The zero-order valence-corrected chi connectivity index (χ0v) is 14.0. The molecule has 5 nitrogen and oxygen atoms in total. The van der Waals surface area contributed by atoms with Gasteiger partial charge in [-0.25, -0.2) is 0 Å². The number of hydrogen-bond acceptors (Lipinski definition) is 5. The molecule has 0 aromatic carbocycles. The summed E-state index contributed by atoms with van der Waals surface area (Å²) in [4.78, 5) is 22.3. The summed E-state index contributed by atoms with van der Waals surface area (Å²) in [5, 5.41) is 18.9. The monoisotopic (exact) mass is 395 g/mol. The van der Waals surface area contributed by atoms with Crippen molar-refractivity contribution in [3.63, 3.8) is 0 Å². The predicted octanol–water partition coefficient (Wildman–Crippen LogP) is -0.540. The van der Waals surface area contributed by atoms with E-state index in [0.717, 1.165) is 5.75 Å². The van der Waals surface area contributed by atoms with E-state index in [4.69, 9.17) is 5.11 Å². The molecule has 0 saturated carbocycles. The normalized spacial score (nSPS) is 14.3. The summed E-state index contributed by atoms with van der Waals surface area (Å²) in [7, 11) is 0. The summed E-state index contributed by atoms with van der Waals surface area (Å²) in [6.45, 7) is 0. The Morgan fingerprint density at radius 2 is 2.12 bits per heavy atom. The van der Waals surface area contributed by atoms with Crippen molar-refractivity contribution in [2.24, 2.45) is 0 Å². The van der Waals surface area contributed by atoms with E-state index >= 15 is 0 Å². The van der Waals surface area contributed by atoms with Gasteiger partial charge in [0.2, 0.25) is 0 Å². The fourth-order valence-corrected chi connectivity index (χ4v) is 4.34. The Morgan fingerprint density at radius 3 is 2.59 bits per heavy atom. The van der Waals surface area contributed by atoms with Gasteiger partial charge in [-0.3, -0.25) is 0 Å². The Labute approximate surface area is 118 Å². The molecule has 0 aromatic rings.